The lowest BCUT2D eigenvalue weighted by Gasteiger charge is -2.08. The first kappa shape index (κ1) is 14.2. The molecule has 0 rings (SSSR count). The molecule has 7 heteroatoms. The van der Waals surface area contributed by atoms with Crippen molar-refractivity contribution in [1.82, 2.24) is 0 Å². The zero-order chi connectivity index (χ0) is 12.2. The summed E-state index contributed by atoms with van der Waals surface area (Å²) in [4.78, 5) is 27.0. The minimum Gasteiger partial charge on any atom is -0.466 e. The van der Waals surface area contributed by atoms with Gasteiger partial charge >= 0.3 is 5.97 Å². The summed E-state index contributed by atoms with van der Waals surface area (Å²) in [6.45, 7) is 2.31. The van der Waals surface area contributed by atoms with Gasteiger partial charge in [-0.25, -0.2) is 9.79 Å². The van der Waals surface area contributed by atoms with Gasteiger partial charge in [0.15, 0.2) is 0 Å². The van der Waals surface area contributed by atoms with E-state index in [0.717, 1.165) is 0 Å². The molecule has 0 radical (unpaired) electrons. The Morgan fingerprint density at radius 3 is 2.88 bits per heavy atom. The third-order valence-electron chi connectivity index (χ3n) is 1.81. The SMILES string of the molecule is CCOC(=O)[C@H](CCCCN=C=O)N=[N+]=[N-]. The Labute approximate surface area is 93.1 Å². The average molecular weight is 226 g/mol. The van der Waals surface area contributed by atoms with Crippen molar-refractivity contribution in [2.24, 2.45) is 10.1 Å². The predicted octanol–water partition coefficient (Wildman–Crippen LogP) is 1.73. The molecule has 1 atom stereocenters. The molecule has 0 spiro atoms. The fourth-order valence-corrected chi connectivity index (χ4v) is 1.10. The van der Waals surface area contributed by atoms with Crippen LogP contribution in [0.4, 0.5) is 0 Å². The number of hydrogen-bond donors (Lipinski definition) is 0. The largest absolute Gasteiger partial charge is 0.466 e. The van der Waals surface area contributed by atoms with Gasteiger partial charge in [0.2, 0.25) is 6.08 Å². The second-order valence-electron chi connectivity index (χ2n) is 2.94. The highest BCUT2D eigenvalue weighted by molar-refractivity contribution is 5.75. The average Bonchev–Trinajstić information content (AvgIpc) is 2.27. The van der Waals surface area contributed by atoms with Crippen molar-refractivity contribution in [1.29, 1.82) is 0 Å². The number of esters is 1. The molecule has 0 aromatic carbocycles. The van der Waals surface area contributed by atoms with E-state index >= 15 is 0 Å². The zero-order valence-corrected chi connectivity index (χ0v) is 9.13. The molecule has 0 saturated carbocycles. The Morgan fingerprint density at radius 2 is 2.31 bits per heavy atom. The Kier molecular flexibility index (Phi) is 8.59. The highest BCUT2D eigenvalue weighted by Crippen LogP contribution is 2.07. The lowest BCUT2D eigenvalue weighted by atomic mass is 10.1. The summed E-state index contributed by atoms with van der Waals surface area (Å²) in [6, 6.07) is -0.787. The van der Waals surface area contributed by atoms with Crippen LogP contribution in [0, 0.1) is 0 Å². The lowest BCUT2D eigenvalue weighted by molar-refractivity contribution is -0.144. The minimum absolute atomic E-state index is 0.256. The number of ether oxygens (including phenoxy) is 1. The van der Waals surface area contributed by atoms with E-state index in [4.69, 9.17) is 10.3 Å². The summed E-state index contributed by atoms with van der Waals surface area (Å²) >= 11 is 0. The molecule has 0 aliphatic rings. The normalized spacial score (nSPS) is 10.8. The van der Waals surface area contributed by atoms with Gasteiger partial charge in [-0.15, -0.1) is 0 Å². The second kappa shape index (κ2) is 9.71. The van der Waals surface area contributed by atoms with Crippen molar-refractivity contribution >= 4 is 12.0 Å². The molecule has 16 heavy (non-hydrogen) atoms. The van der Waals surface area contributed by atoms with E-state index in [1.54, 1.807) is 6.92 Å². The van der Waals surface area contributed by atoms with Gasteiger partial charge < -0.3 is 4.74 Å². The van der Waals surface area contributed by atoms with E-state index in [1.165, 1.54) is 6.08 Å². The molecular weight excluding hydrogens is 212 g/mol. The highest BCUT2D eigenvalue weighted by Gasteiger charge is 2.17. The fraction of sp³-hybridized carbons (Fsp3) is 0.778. The van der Waals surface area contributed by atoms with Crippen LogP contribution in [0.5, 0.6) is 0 Å². The topological polar surface area (TPSA) is 104 Å². The third kappa shape index (κ3) is 6.59. The Bertz CT molecular complexity index is 306. The predicted molar refractivity (Wildman–Crippen MR) is 56.4 cm³/mol. The summed E-state index contributed by atoms with van der Waals surface area (Å²) in [5, 5.41) is 3.36. The Morgan fingerprint density at radius 1 is 1.56 bits per heavy atom. The van der Waals surface area contributed by atoms with Gasteiger partial charge in [0, 0.05) is 4.91 Å². The van der Waals surface area contributed by atoms with E-state index in [1.807, 2.05) is 0 Å². The van der Waals surface area contributed by atoms with Gasteiger partial charge in [0.05, 0.1) is 13.2 Å². The summed E-state index contributed by atoms with van der Waals surface area (Å²) in [6.07, 6.45) is 3.10. The first-order valence-corrected chi connectivity index (χ1v) is 5.00. The molecule has 0 bridgehead atoms. The maximum Gasteiger partial charge on any atom is 0.314 e. The zero-order valence-electron chi connectivity index (χ0n) is 9.13. The molecule has 0 heterocycles. The lowest BCUT2D eigenvalue weighted by Crippen LogP contribution is -2.21. The maximum absolute atomic E-state index is 11.3. The maximum atomic E-state index is 11.3. The number of unbranched alkanes of at least 4 members (excludes halogenated alkanes) is 1. The number of azide groups is 1. The standard InChI is InChI=1S/C9H14N4O3/c1-2-16-9(15)8(12-13-10)5-3-4-6-11-7-14/h8H,2-6H2,1H3/t8-/m0/s1. The molecule has 7 nitrogen and oxygen atoms in total. The van der Waals surface area contributed by atoms with Crippen LogP contribution in [0.1, 0.15) is 26.2 Å². The van der Waals surface area contributed by atoms with Crippen LogP contribution in [0.15, 0.2) is 10.1 Å². The van der Waals surface area contributed by atoms with Crippen LogP contribution in [-0.4, -0.2) is 31.2 Å². The van der Waals surface area contributed by atoms with Crippen molar-refractivity contribution < 1.29 is 14.3 Å². The highest BCUT2D eigenvalue weighted by atomic mass is 16.5. The second-order valence-corrected chi connectivity index (χ2v) is 2.94. The van der Waals surface area contributed by atoms with Crippen LogP contribution in [0.25, 0.3) is 10.4 Å². The smallest absolute Gasteiger partial charge is 0.314 e. The van der Waals surface area contributed by atoms with E-state index in [-0.39, 0.29) is 6.61 Å². The minimum atomic E-state index is -0.787. The number of carbonyl (C=O) groups excluding carboxylic acids is 2. The molecule has 0 unspecified atom stereocenters. The molecule has 0 fully saturated rings. The van der Waals surface area contributed by atoms with Gasteiger partial charge in [-0.3, -0.25) is 4.79 Å². The van der Waals surface area contributed by atoms with Gasteiger partial charge in [-0.2, -0.15) is 0 Å². The molecular formula is C9H14N4O3. The molecule has 0 aromatic heterocycles. The Balaban J connectivity index is 3.98. The first-order valence-electron chi connectivity index (χ1n) is 5.00. The molecule has 0 N–H and O–H groups in total. The van der Waals surface area contributed by atoms with Crippen molar-refractivity contribution in [3.63, 3.8) is 0 Å². The van der Waals surface area contributed by atoms with Gasteiger partial charge in [0.1, 0.15) is 6.04 Å². The van der Waals surface area contributed by atoms with Crippen LogP contribution >= 0.6 is 0 Å². The van der Waals surface area contributed by atoms with Gasteiger partial charge in [0.25, 0.3) is 0 Å². The molecule has 0 aliphatic heterocycles. The molecule has 0 aliphatic carbocycles. The first-order chi connectivity index (χ1) is 7.76. The van der Waals surface area contributed by atoms with E-state index in [2.05, 4.69) is 15.0 Å². The van der Waals surface area contributed by atoms with Gasteiger partial charge in [-0.1, -0.05) is 11.5 Å². The van der Waals surface area contributed by atoms with Gasteiger partial charge in [-0.05, 0) is 25.3 Å². The number of rotatable bonds is 8. The molecule has 88 valence electrons. The Hall–Kier alpha value is -1.84. The van der Waals surface area contributed by atoms with Crippen molar-refractivity contribution in [2.75, 3.05) is 13.2 Å². The quantitative estimate of drug-likeness (QED) is 0.120. The van der Waals surface area contributed by atoms with Crippen molar-refractivity contribution in [3.05, 3.63) is 10.4 Å². The summed E-state index contributed by atoms with van der Waals surface area (Å²) < 4.78 is 4.75. The monoisotopic (exact) mass is 226 g/mol. The van der Waals surface area contributed by atoms with E-state index in [0.29, 0.717) is 25.8 Å². The third-order valence-corrected chi connectivity index (χ3v) is 1.81. The summed E-state index contributed by atoms with van der Waals surface area (Å²) in [5.41, 5.74) is 8.28. The number of isocyanates is 1. The van der Waals surface area contributed by atoms with Crippen molar-refractivity contribution in [3.8, 4) is 0 Å². The molecule has 0 saturated heterocycles. The van der Waals surface area contributed by atoms with Crippen molar-refractivity contribution in [2.45, 2.75) is 32.2 Å². The van der Waals surface area contributed by atoms with Crippen LogP contribution in [-0.2, 0) is 14.3 Å². The summed E-state index contributed by atoms with van der Waals surface area (Å²) in [7, 11) is 0. The van der Waals surface area contributed by atoms with Crippen LogP contribution in [0.2, 0.25) is 0 Å². The fourth-order valence-electron chi connectivity index (χ4n) is 1.10. The number of hydrogen-bond acceptors (Lipinski definition) is 5. The number of nitrogens with zero attached hydrogens (tertiary/aromatic N) is 4. The molecule has 0 aromatic rings. The number of aliphatic imine (C=N–C) groups is 1. The number of carbonyl (C=O) groups is 1. The van der Waals surface area contributed by atoms with Crippen LogP contribution < -0.4 is 0 Å². The van der Waals surface area contributed by atoms with Crippen LogP contribution in [0.3, 0.4) is 0 Å². The summed E-state index contributed by atoms with van der Waals surface area (Å²) in [5.74, 6) is -0.515. The molecule has 0 amide bonds. The van der Waals surface area contributed by atoms with E-state index < -0.39 is 12.0 Å². The van der Waals surface area contributed by atoms with E-state index in [9.17, 15) is 9.59 Å².